The van der Waals surface area contributed by atoms with Crippen molar-refractivity contribution in [2.75, 3.05) is 24.3 Å². The monoisotopic (exact) mass is 415 g/mol. The highest BCUT2D eigenvalue weighted by atomic mass is 79.9. The third-order valence-electron chi connectivity index (χ3n) is 4.12. The van der Waals surface area contributed by atoms with Gasteiger partial charge in [0.1, 0.15) is 6.04 Å². The SMILES string of the molecule is CN(C)C(=O)c1ccc(N[C@H]2CC(=O)N(c3ccccc3Br)C2=O)cc1. The quantitative estimate of drug-likeness (QED) is 0.779. The summed E-state index contributed by atoms with van der Waals surface area (Å²) in [5.41, 5.74) is 1.78. The van der Waals surface area contributed by atoms with E-state index in [1.807, 2.05) is 6.07 Å². The van der Waals surface area contributed by atoms with Crippen molar-refractivity contribution in [3.8, 4) is 0 Å². The Hall–Kier alpha value is -2.67. The highest BCUT2D eigenvalue weighted by Gasteiger charge is 2.40. The lowest BCUT2D eigenvalue weighted by Gasteiger charge is -2.17. The van der Waals surface area contributed by atoms with Crippen LogP contribution in [0.3, 0.4) is 0 Å². The van der Waals surface area contributed by atoms with Crippen LogP contribution in [-0.4, -0.2) is 42.8 Å². The number of halogens is 1. The third-order valence-corrected chi connectivity index (χ3v) is 4.79. The van der Waals surface area contributed by atoms with Gasteiger partial charge in [-0.15, -0.1) is 0 Å². The van der Waals surface area contributed by atoms with Crippen LogP contribution in [-0.2, 0) is 9.59 Å². The molecule has 3 rings (SSSR count). The number of hydrogen-bond acceptors (Lipinski definition) is 4. The molecule has 0 spiro atoms. The molecule has 1 atom stereocenters. The molecule has 1 fully saturated rings. The first-order valence-corrected chi connectivity index (χ1v) is 8.87. The van der Waals surface area contributed by atoms with E-state index in [0.29, 0.717) is 21.4 Å². The van der Waals surface area contributed by atoms with Crippen molar-refractivity contribution in [1.82, 2.24) is 4.90 Å². The minimum absolute atomic E-state index is 0.0819. The highest BCUT2D eigenvalue weighted by molar-refractivity contribution is 9.10. The van der Waals surface area contributed by atoms with Gasteiger partial charge >= 0.3 is 0 Å². The molecular formula is C19H18BrN3O3. The lowest BCUT2D eigenvalue weighted by molar-refractivity contribution is -0.121. The first kappa shape index (κ1) is 18.1. The maximum absolute atomic E-state index is 12.7. The van der Waals surface area contributed by atoms with Crippen LogP contribution in [0.1, 0.15) is 16.8 Å². The summed E-state index contributed by atoms with van der Waals surface area (Å²) in [6.45, 7) is 0. The molecule has 1 heterocycles. The Morgan fingerprint density at radius 2 is 1.77 bits per heavy atom. The van der Waals surface area contributed by atoms with E-state index >= 15 is 0 Å². The van der Waals surface area contributed by atoms with Gasteiger partial charge < -0.3 is 10.2 Å². The Bertz CT molecular complexity index is 865. The summed E-state index contributed by atoms with van der Waals surface area (Å²) in [6, 6.07) is 13.3. The Labute approximate surface area is 159 Å². The van der Waals surface area contributed by atoms with Crippen LogP contribution in [0.15, 0.2) is 53.0 Å². The highest BCUT2D eigenvalue weighted by Crippen LogP contribution is 2.31. The fraction of sp³-hybridized carbons (Fsp3) is 0.211. The van der Waals surface area contributed by atoms with Crippen molar-refractivity contribution >= 4 is 45.0 Å². The number of nitrogens with zero attached hydrogens (tertiary/aromatic N) is 2. The van der Waals surface area contributed by atoms with Gasteiger partial charge in [0, 0.05) is 29.8 Å². The van der Waals surface area contributed by atoms with E-state index in [-0.39, 0.29) is 24.1 Å². The first-order chi connectivity index (χ1) is 12.4. The zero-order valence-electron chi connectivity index (χ0n) is 14.4. The number of rotatable bonds is 4. The molecule has 26 heavy (non-hydrogen) atoms. The first-order valence-electron chi connectivity index (χ1n) is 8.08. The molecule has 0 aliphatic carbocycles. The van der Waals surface area contributed by atoms with E-state index in [2.05, 4.69) is 21.2 Å². The molecule has 0 bridgehead atoms. The van der Waals surface area contributed by atoms with Gasteiger partial charge in [0.05, 0.1) is 12.1 Å². The molecule has 0 saturated carbocycles. The Morgan fingerprint density at radius 3 is 2.38 bits per heavy atom. The summed E-state index contributed by atoms with van der Waals surface area (Å²) in [6.07, 6.45) is 0.0819. The van der Waals surface area contributed by atoms with E-state index in [0.717, 1.165) is 0 Å². The Kier molecular flexibility index (Phi) is 5.08. The second-order valence-electron chi connectivity index (χ2n) is 6.20. The van der Waals surface area contributed by atoms with Gasteiger partial charge in [-0.25, -0.2) is 4.90 Å². The van der Waals surface area contributed by atoms with E-state index in [4.69, 9.17) is 0 Å². The van der Waals surface area contributed by atoms with Crippen molar-refractivity contribution in [2.45, 2.75) is 12.5 Å². The molecule has 0 unspecified atom stereocenters. The summed E-state index contributed by atoms with van der Waals surface area (Å²) >= 11 is 3.38. The number of anilines is 2. The number of benzene rings is 2. The number of amides is 3. The zero-order chi connectivity index (χ0) is 18.8. The number of imide groups is 1. The average Bonchev–Trinajstić information content (AvgIpc) is 2.89. The maximum atomic E-state index is 12.7. The van der Waals surface area contributed by atoms with Gasteiger partial charge in [-0.05, 0) is 52.3 Å². The van der Waals surface area contributed by atoms with Crippen LogP contribution in [0, 0.1) is 0 Å². The molecule has 2 aromatic rings. The lowest BCUT2D eigenvalue weighted by Crippen LogP contribution is -2.35. The molecule has 1 aliphatic rings. The van der Waals surface area contributed by atoms with Crippen LogP contribution in [0.4, 0.5) is 11.4 Å². The summed E-state index contributed by atoms with van der Waals surface area (Å²) in [5.74, 6) is -0.641. The van der Waals surface area contributed by atoms with Crippen molar-refractivity contribution in [3.63, 3.8) is 0 Å². The lowest BCUT2D eigenvalue weighted by atomic mass is 10.1. The average molecular weight is 416 g/mol. The van der Waals surface area contributed by atoms with Gasteiger partial charge in [-0.1, -0.05) is 12.1 Å². The minimum Gasteiger partial charge on any atom is -0.373 e. The van der Waals surface area contributed by atoms with Crippen LogP contribution >= 0.6 is 15.9 Å². The summed E-state index contributed by atoms with van der Waals surface area (Å²) in [4.78, 5) is 39.7. The molecule has 0 aromatic heterocycles. The molecule has 2 aromatic carbocycles. The second kappa shape index (κ2) is 7.29. The molecule has 0 radical (unpaired) electrons. The largest absolute Gasteiger partial charge is 0.373 e. The van der Waals surface area contributed by atoms with Crippen molar-refractivity contribution < 1.29 is 14.4 Å². The fourth-order valence-electron chi connectivity index (χ4n) is 2.80. The standard InChI is InChI=1S/C19H18BrN3O3/c1-22(2)18(25)12-7-9-13(10-8-12)21-15-11-17(24)23(19(15)26)16-6-4-3-5-14(16)20/h3-10,15,21H,11H2,1-2H3/t15-/m0/s1. The normalized spacial score (nSPS) is 16.7. The second-order valence-corrected chi connectivity index (χ2v) is 7.05. The molecule has 1 N–H and O–H groups in total. The predicted molar refractivity (Wildman–Crippen MR) is 103 cm³/mol. The smallest absolute Gasteiger partial charge is 0.256 e. The number of para-hydroxylation sites is 1. The molecular weight excluding hydrogens is 398 g/mol. The van der Waals surface area contributed by atoms with Gasteiger partial charge in [-0.2, -0.15) is 0 Å². The van der Waals surface area contributed by atoms with Crippen molar-refractivity contribution in [1.29, 1.82) is 0 Å². The number of carbonyl (C=O) groups excluding carboxylic acids is 3. The maximum Gasteiger partial charge on any atom is 0.256 e. The fourth-order valence-corrected chi connectivity index (χ4v) is 3.26. The van der Waals surface area contributed by atoms with Crippen molar-refractivity contribution in [3.05, 3.63) is 58.6 Å². The Balaban J connectivity index is 1.75. The van der Waals surface area contributed by atoms with Gasteiger partial charge in [0.25, 0.3) is 11.8 Å². The van der Waals surface area contributed by atoms with E-state index in [9.17, 15) is 14.4 Å². The van der Waals surface area contributed by atoms with Crippen molar-refractivity contribution in [2.24, 2.45) is 0 Å². The molecule has 7 heteroatoms. The molecule has 3 amide bonds. The molecule has 134 valence electrons. The van der Waals surface area contributed by atoms with E-state index < -0.39 is 6.04 Å². The number of nitrogens with one attached hydrogen (secondary N) is 1. The number of carbonyl (C=O) groups is 3. The summed E-state index contributed by atoms with van der Waals surface area (Å²) in [5, 5.41) is 3.08. The van der Waals surface area contributed by atoms with Gasteiger partial charge in [0.2, 0.25) is 5.91 Å². The van der Waals surface area contributed by atoms with Gasteiger partial charge in [0.15, 0.2) is 0 Å². The summed E-state index contributed by atoms with van der Waals surface area (Å²) in [7, 11) is 3.38. The van der Waals surface area contributed by atoms with Gasteiger partial charge in [-0.3, -0.25) is 14.4 Å². The van der Waals surface area contributed by atoms with Crippen LogP contribution in [0.2, 0.25) is 0 Å². The third kappa shape index (κ3) is 3.48. The topological polar surface area (TPSA) is 69.7 Å². The Morgan fingerprint density at radius 1 is 1.12 bits per heavy atom. The van der Waals surface area contributed by atoms with Crippen LogP contribution in [0.25, 0.3) is 0 Å². The van der Waals surface area contributed by atoms with E-state index in [1.54, 1.807) is 56.6 Å². The predicted octanol–water partition coefficient (Wildman–Crippen LogP) is 2.89. The van der Waals surface area contributed by atoms with Crippen LogP contribution < -0.4 is 10.2 Å². The zero-order valence-corrected chi connectivity index (χ0v) is 16.0. The van der Waals surface area contributed by atoms with Crippen LogP contribution in [0.5, 0.6) is 0 Å². The molecule has 6 nitrogen and oxygen atoms in total. The minimum atomic E-state index is -0.634. The van der Waals surface area contributed by atoms with E-state index in [1.165, 1.54) is 9.80 Å². The number of hydrogen-bond donors (Lipinski definition) is 1. The molecule has 1 saturated heterocycles. The summed E-state index contributed by atoms with van der Waals surface area (Å²) < 4.78 is 0.689. The molecule has 1 aliphatic heterocycles.